The van der Waals surface area contributed by atoms with E-state index >= 15 is 0 Å². The fourth-order valence-electron chi connectivity index (χ4n) is 1.97. The molecule has 1 unspecified atom stereocenters. The Bertz CT molecular complexity index is 342. The van der Waals surface area contributed by atoms with Crippen molar-refractivity contribution in [1.29, 1.82) is 0 Å². The standard InChI is InChI=1S/C11H17N3O2/c1-9(14-6-2-5-12-14)11(16)13-7-3-10(15)4-8-13/h2,5-6,9-10,15H,3-4,7-8H2,1H3. The van der Waals surface area contributed by atoms with Crippen LogP contribution in [0.4, 0.5) is 0 Å². The highest BCUT2D eigenvalue weighted by molar-refractivity contribution is 5.80. The lowest BCUT2D eigenvalue weighted by Gasteiger charge is -2.31. The fourth-order valence-corrected chi connectivity index (χ4v) is 1.97. The van der Waals surface area contributed by atoms with Gasteiger partial charge in [0.25, 0.3) is 0 Å². The third-order valence-corrected chi connectivity index (χ3v) is 3.06. The van der Waals surface area contributed by atoms with Gasteiger partial charge in [0.05, 0.1) is 6.10 Å². The molecule has 1 amide bonds. The SMILES string of the molecule is CC(C(=O)N1CCC(O)CC1)n1cccn1. The molecule has 0 saturated carbocycles. The topological polar surface area (TPSA) is 58.4 Å². The van der Waals surface area contributed by atoms with Crippen LogP contribution in [0.15, 0.2) is 18.5 Å². The normalized spacial score (nSPS) is 19.8. The van der Waals surface area contributed by atoms with Gasteiger partial charge in [-0.25, -0.2) is 0 Å². The molecule has 16 heavy (non-hydrogen) atoms. The van der Waals surface area contributed by atoms with Crippen LogP contribution in [0, 0.1) is 0 Å². The van der Waals surface area contributed by atoms with Gasteiger partial charge >= 0.3 is 0 Å². The fraction of sp³-hybridized carbons (Fsp3) is 0.636. The number of aliphatic hydroxyl groups excluding tert-OH is 1. The van der Waals surface area contributed by atoms with Crippen LogP contribution in [0.2, 0.25) is 0 Å². The third kappa shape index (κ3) is 2.24. The molecule has 5 nitrogen and oxygen atoms in total. The molecule has 1 atom stereocenters. The first-order chi connectivity index (χ1) is 7.68. The van der Waals surface area contributed by atoms with Gasteiger partial charge in [0.2, 0.25) is 5.91 Å². The first-order valence-electron chi connectivity index (χ1n) is 5.64. The third-order valence-electron chi connectivity index (χ3n) is 3.06. The predicted octanol–water partition coefficient (Wildman–Crippen LogP) is 0.427. The summed E-state index contributed by atoms with van der Waals surface area (Å²) >= 11 is 0. The summed E-state index contributed by atoms with van der Waals surface area (Å²) < 4.78 is 1.66. The van der Waals surface area contributed by atoms with Gasteiger partial charge in [-0.1, -0.05) is 0 Å². The van der Waals surface area contributed by atoms with Crippen LogP contribution in [0.25, 0.3) is 0 Å². The Morgan fingerprint density at radius 3 is 2.75 bits per heavy atom. The minimum Gasteiger partial charge on any atom is -0.393 e. The number of hydrogen-bond acceptors (Lipinski definition) is 3. The number of piperidine rings is 1. The van der Waals surface area contributed by atoms with Gasteiger partial charge in [-0.2, -0.15) is 5.10 Å². The van der Waals surface area contributed by atoms with Gasteiger partial charge in [-0.15, -0.1) is 0 Å². The van der Waals surface area contributed by atoms with Crippen molar-refractivity contribution in [3.8, 4) is 0 Å². The van der Waals surface area contributed by atoms with Crippen molar-refractivity contribution in [2.75, 3.05) is 13.1 Å². The highest BCUT2D eigenvalue weighted by atomic mass is 16.3. The minimum absolute atomic E-state index is 0.0793. The molecule has 0 aromatic carbocycles. The second-order valence-corrected chi connectivity index (χ2v) is 4.22. The van der Waals surface area contributed by atoms with Gasteiger partial charge < -0.3 is 10.0 Å². The summed E-state index contributed by atoms with van der Waals surface area (Å²) in [6, 6.07) is 1.55. The average molecular weight is 223 g/mol. The number of aliphatic hydroxyl groups is 1. The molecule has 0 spiro atoms. The van der Waals surface area contributed by atoms with Crippen molar-refractivity contribution < 1.29 is 9.90 Å². The van der Waals surface area contributed by atoms with Gasteiger partial charge in [0, 0.05) is 25.5 Å². The Balaban J connectivity index is 1.97. The number of carbonyl (C=O) groups is 1. The van der Waals surface area contributed by atoms with E-state index in [0.717, 1.165) is 0 Å². The Morgan fingerprint density at radius 1 is 1.50 bits per heavy atom. The van der Waals surface area contributed by atoms with E-state index in [0.29, 0.717) is 25.9 Å². The maximum Gasteiger partial charge on any atom is 0.247 e. The Morgan fingerprint density at radius 2 is 2.19 bits per heavy atom. The molecular formula is C11H17N3O2. The van der Waals surface area contributed by atoms with Crippen LogP contribution < -0.4 is 0 Å². The number of amides is 1. The van der Waals surface area contributed by atoms with Crippen LogP contribution in [0.3, 0.4) is 0 Å². The van der Waals surface area contributed by atoms with Crippen LogP contribution in [-0.4, -0.2) is 44.9 Å². The summed E-state index contributed by atoms with van der Waals surface area (Å²) in [5, 5.41) is 13.4. The van der Waals surface area contributed by atoms with Crippen molar-refractivity contribution in [2.24, 2.45) is 0 Å². The lowest BCUT2D eigenvalue weighted by Crippen LogP contribution is -2.43. The zero-order valence-corrected chi connectivity index (χ0v) is 9.41. The molecular weight excluding hydrogens is 206 g/mol. The molecule has 1 N–H and O–H groups in total. The van der Waals surface area contributed by atoms with E-state index in [4.69, 9.17) is 0 Å². The Hall–Kier alpha value is -1.36. The second kappa shape index (κ2) is 4.65. The molecule has 2 rings (SSSR count). The molecule has 1 aromatic heterocycles. The van der Waals surface area contributed by atoms with Crippen LogP contribution in [-0.2, 0) is 4.79 Å². The monoisotopic (exact) mass is 223 g/mol. The van der Waals surface area contributed by atoms with Crippen LogP contribution in [0.5, 0.6) is 0 Å². The van der Waals surface area contributed by atoms with Gasteiger partial charge in [0.1, 0.15) is 6.04 Å². The highest BCUT2D eigenvalue weighted by Gasteiger charge is 2.25. The molecule has 0 aliphatic carbocycles. The van der Waals surface area contributed by atoms with Gasteiger partial charge in [0.15, 0.2) is 0 Å². The molecule has 0 radical (unpaired) electrons. The van der Waals surface area contributed by atoms with Crippen molar-refractivity contribution >= 4 is 5.91 Å². The highest BCUT2D eigenvalue weighted by Crippen LogP contribution is 2.15. The summed E-state index contributed by atoms with van der Waals surface area (Å²) in [6.07, 6.45) is 4.57. The van der Waals surface area contributed by atoms with Crippen LogP contribution >= 0.6 is 0 Å². The van der Waals surface area contributed by atoms with E-state index in [1.54, 1.807) is 22.0 Å². The zero-order valence-electron chi connectivity index (χ0n) is 9.41. The Labute approximate surface area is 94.7 Å². The quantitative estimate of drug-likeness (QED) is 0.791. The van der Waals surface area contributed by atoms with E-state index in [1.165, 1.54) is 0 Å². The number of nitrogens with zero attached hydrogens (tertiary/aromatic N) is 3. The number of carbonyl (C=O) groups excluding carboxylic acids is 1. The number of hydrogen-bond donors (Lipinski definition) is 1. The molecule has 1 saturated heterocycles. The van der Waals surface area contributed by atoms with Crippen molar-refractivity contribution in [2.45, 2.75) is 31.9 Å². The molecule has 1 fully saturated rings. The first kappa shape index (κ1) is 11.1. The summed E-state index contributed by atoms with van der Waals surface area (Å²) in [5.41, 5.74) is 0. The van der Waals surface area contributed by atoms with Crippen molar-refractivity contribution in [3.63, 3.8) is 0 Å². The van der Waals surface area contributed by atoms with Gasteiger partial charge in [-0.3, -0.25) is 9.48 Å². The average Bonchev–Trinajstić information content (AvgIpc) is 2.81. The van der Waals surface area contributed by atoms with Crippen LogP contribution in [0.1, 0.15) is 25.8 Å². The molecule has 1 aliphatic heterocycles. The summed E-state index contributed by atoms with van der Waals surface area (Å²) in [5.74, 6) is 0.0793. The lowest BCUT2D eigenvalue weighted by molar-refractivity contribution is -0.136. The van der Waals surface area contributed by atoms with Gasteiger partial charge in [-0.05, 0) is 25.8 Å². The van der Waals surface area contributed by atoms with E-state index in [1.807, 2.05) is 13.0 Å². The van der Waals surface area contributed by atoms with E-state index in [2.05, 4.69) is 5.10 Å². The van der Waals surface area contributed by atoms with Crippen molar-refractivity contribution in [3.05, 3.63) is 18.5 Å². The molecule has 0 bridgehead atoms. The molecule has 1 aromatic rings. The van der Waals surface area contributed by atoms with Crippen molar-refractivity contribution in [1.82, 2.24) is 14.7 Å². The van der Waals surface area contributed by atoms with E-state index in [9.17, 15) is 9.90 Å². The lowest BCUT2D eigenvalue weighted by atomic mass is 10.1. The summed E-state index contributed by atoms with van der Waals surface area (Å²) in [6.45, 7) is 3.14. The number of likely N-dealkylation sites (tertiary alicyclic amines) is 1. The van der Waals surface area contributed by atoms with E-state index in [-0.39, 0.29) is 18.1 Å². The second-order valence-electron chi connectivity index (χ2n) is 4.22. The molecule has 88 valence electrons. The number of rotatable bonds is 2. The maximum atomic E-state index is 12.1. The summed E-state index contributed by atoms with van der Waals surface area (Å²) in [7, 11) is 0. The summed E-state index contributed by atoms with van der Waals surface area (Å²) in [4.78, 5) is 13.9. The maximum absolute atomic E-state index is 12.1. The van der Waals surface area contributed by atoms with E-state index < -0.39 is 0 Å². The predicted molar refractivity (Wildman–Crippen MR) is 58.8 cm³/mol. The smallest absolute Gasteiger partial charge is 0.247 e. The zero-order chi connectivity index (χ0) is 11.5. The number of aromatic nitrogens is 2. The molecule has 5 heteroatoms. The Kier molecular flexibility index (Phi) is 3.24. The first-order valence-corrected chi connectivity index (χ1v) is 5.64. The molecule has 1 aliphatic rings. The molecule has 2 heterocycles. The largest absolute Gasteiger partial charge is 0.393 e. The minimum atomic E-state index is -0.259.